The lowest BCUT2D eigenvalue weighted by molar-refractivity contribution is 0.0727. The molecular formula is C17H33NO2. The van der Waals surface area contributed by atoms with Crippen molar-refractivity contribution in [3.05, 3.63) is 0 Å². The largest absolute Gasteiger partial charge is 0.385 e. The molecule has 20 heavy (non-hydrogen) atoms. The van der Waals surface area contributed by atoms with Crippen molar-refractivity contribution < 1.29 is 9.47 Å². The zero-order chi connectivity index (χ0) is 14.4. The fraction of sp³-hybridized carbons (Fsp3) is 1.00. The summed E-state index contributed by atoms with van der Waals surface area (Å²) in [5.74, 6) is 2.84. The molecule has 1 N–H and O–H groups in total. The van der Waals surface area contributed by atoms with Crippen LogP contribution in [0.15, 0.2) is 0 Å². The molecule has 2 rings (SSSR count). The third kappa shape index (κ3) is 5.01. The van der Waals surface area contributed by atoms with E-state index in [1.807, 2.05) is 0 Å². The maximum Gasteiger partial charge on any atom is 0.0487 e. The van der Waals surface area contributed by atoms with Crippen LogP contribution in [0.1, 0.15) is 46.0 Å². The van der Waals surface area contributed by atoms with Gasteiger partial charge >= 0.3 is 0 Å². The predicted molar refractivity (Wildman–Crippen MR) is 82.9 cm³/mol. The van der Waals surface area contributed by atoms with E-state index in [9.17, 15) is 0 Å². The van der Waals surface area contributed by atoms with Crippen molar-refractivity contribution in [2.45, 2.75) is 46.0 Å². The summed E-state index contributed by atoms with van der Waals surface area (Å²) in [5.41, 5.74) is 0.531. The Morgan fingerprint density at radius 3 is 2.55 bits per heavy atom. The predicted octanol–water partition coefficient (Wildman–Crippen LogP) is 3.09. The third-order valence-corrected chi connectivity index (χ3v) is 4.93. The second kappa shape index (κ2) is 7.77. The summed E-state index contributed by atoms with van der Waals surface area (Å²) in [5, 5.41) is 3.69. The normalized spacial score (nSPS) is 31.8. The molecule has 118 valence electrons. The summed E-state index contributed by atoms with van der Waals surface area (Å²) in [6, 6.07) is 0. The number of rotatable bonds is 11. The van der Waals surface area contributed by atoms with Gasteiger partial charge in [0.15, 0.2) is 0 Å². The van der Waals surface area contributed by atoms with Crippen LogP contribution in [0.3, 0.4) is 0 Å². The lowest BCUT2D eigenvalue weighted by Crippen LogP contribution is -2.36. The van der Waals surface area contributed by atoms with Crippen LogP contribution >= 0.6 is 0 Å². The van der Waals surface area contributed by atoms with Gasteiger partial charge in [0.05, 0.1) is 0 Å². The zero-order valence-corrected chi connectivity index (χ0v) is 13.6. The molecule has 0 radical (unpaired) electrons. The maximum atomic E-state index is 5.79. The molecule has 2 fully saturated rings. The first kappa shape index (κ1) is 16.3. The molecule has 0 aromatic rings. The highest BCUT2D eigenvalue weighted by Gasteiger charge is 2.52. The molecule has 0 spiro atoms. The van der Waals surface area contributed by atoms with Gasteiger partial charge in [0.1, 0.15) is 0 Å². The Balaban J connectivity index is 1.65. The maximum absolute atomic E-state index is 5.79. The van der Waals surface area contributed by atoms with Gasteiger partial charge < -0.3 is 14.8 Å². The summed E-state index contributed by atoms with van der Waals surface area (Å²) >= 11 is 0. The van der Waals surface area contributed by atoms with E-state index in [2.05, 4.69) is 19.2 Å². The quantitative estimate of drug-likeness (QED) is 0.591. The first-order valence-corrected chi connectivity index (χ1v) is 8.42. The molecule has 2 aliphatic rings. The SMILES string of the molecule is COCCCOCCC1(CNCC(C)C)CC2CC2C1. The van der Waals surface area contributed by atoms with Gasteiger partial charge in [-0.15, -0.1) is 0 Å². The molecule has 0 aromatic heterocycles. The third-order valence-electron chi connectivity index (χ3n) is 4.93. The minimum atomic E-state index is 0.531. The molecule has 3 heteroatoms. The van der Waals surface area contributed by atoms with Gasteiger partial charge in [0, 0.05) is 33.5 Å². The van der Waals surface area contributed by atoms with Crippen LogP contribution in [0.5, 0.6) is 0 Å². The molecule has 3 nitrogen and oxygen atoms in total. The number of ether oxygens (including phenoxy) is 2. The second-order valence-electron chi connectivity index (χ2n) is 7.40. The van der Waals surface area contributed by atoms with Crippen LogP contribution in [0, 0.1) is 23.2 Å². The van der Waals surface area contributed by atoms with Crippen molar-refractivity contribution in [3.63, 3.8) is 0 Å². The zero-order valence-electron chi connectivity index (χ0n) is 13.6. The second-order valence-corrected chi connectivity index (χ2v) is 7.40. The summed E-state index contributed by atoms with van der Waals surface area (Å²) in [6.45, 7) is 9.48. The molecule has 2 saturated carbocycles. The van der Waals surface area contributed by atoms with Crippen molar-refractivity contribution in [1.82, 2.24) is 5.32 Å². The van der Waals surface area contributed by atoms with Crippen LogP contribution in [-0.4, -0.2) is 40.0 Å². The number of fused-ring (bicyclic) bond motifs is 1. The summed E-state index contributed by atoms with van der Waals surface area (Å²) < 4.78 is 10.8. The van der Waals surface area contributed by atoms with Crippen LogP contribution in [0.2, 0.25) is 0 Å². The average Bonchev–Trinajstić information content (AvgIpc) is 3.02. The van der Waals surface area contributed by atoms with Gasteiger partial charge in [-0.2, -0.15) is 0 Å². The summed E-state index contributed by atoms with van der Waals surface area (Å²) in [4.78, 5) is 0. The number of hydrogen-bond acceptors (Lipinski definition) is 3. The van der Waals surface area contributed by atoms with Crippen LogP contribution in [0.4, 0.5) is 0 Å². The van der Waals surface area contributed by atoms with Gasteiger partial charge in [-0.3, -0.25) is 0 Å². The number of nitrogens with one attached hydrogen (secondary N) is 1. The van der Waals surface area contributed by atoms with Crippen molar-refractivity contribution in [3.8, 4) is 0 Å². The molecule has 0 heterocycles. The van der Waals surface area contributed by atoms with E-state index in [0.29, 0.717) is 5.41 Å². The van der Waals surface area contributed by atoms with Crippen LogP contribution in [0.25, 0.3) is 0 Å². The number of methoxy groups -OCH3 is 1. The molecule has 2 aliphatic carbocycles. The van der Waals surface area contributed by atoms with E-state index < -0.39 is 0 Å². The highest BCUT2D eigenvalue weighted by atomic mass is 16.5. The van der Waals surface area contributed by atoms with Gasteiger partial charge in [-0.25, -0.2) is 0 Å². The van der Waals surface area contributed by atoms with Crippen molar-refractivity contribution in [2.75, 3.05) is 40.0 Å². The van der Waals surface area contributed by atoms with Gasteiger partial charge in [0.2, 0.25) is 0 Å². The van der Waals surface area contributed by atoms with Crippen LogP contribution < -0.4 is 5.32 Å². The molecular weight excluding hydrogens is 250 g/mol. The monoisotopic (exact) mass is 283 g/mol. The van der Waals surface area contributed by atoms with Gasteiger partial charge in [-0.1, -0.05) is 13.8 Å². The van der Waals surface area contributed by atoms with E-state index in [4.69, 9.17) is 9.47 Å². The van der Waals surface area contributed by atoms with E-state index in [1.54, 1.807) is 7.11 Å². The summed E-state index contributed by atoms with van der Waals surface area (Å²) in [7, 11) is 1.75. The van der Waals surface area contributed by atoms with Gasteiger partial charge in [-0.05, 0) is 61.8 Å². The van der Waals surface area contributed by atoms with Crippen LogP contribution in [-0.2, 0) is 9.47 Å². The topological polar surface area (TPSA) is 30.5 Å². The molecule has 0 saturated heterocycles. The smallest absolute Gasteiger partial charge is 0.0487 e. The lowest BCUT2D eigenvalue weighted by atomic mass is 9.80. The molecule has 0 bridgehead atoms. The van der Waals surface area contributed by atoms with E-state index >= 15 is 0 Å². The lowest BCUT2D eigenvalue weighted by Gasteiger charge is -2.31. The Bertz CT molecular complexity index is 270. The molecule has 0 amide bonds. The summed E-state index contributed by atoms with van der Waals surface area (Å²) in [6.07, 6.45) is 6.62. The van der Waals surface area contributed by atoms with Crippen molar-refractivity contribution >= 4 is 0 Å². The van der Waals surface area contributed by atoms with E-state index in [0.717, 1.165) is 50.5 Å². The Hall–Kier alpha value is -0.120. The minimum Gasteiger partial charge on any atom is -0.385 e. The van der Waals surface area contributed by atoms with Crippen molar-refractivity contribution in [1.29, 1.82) is 0 Å². The standard InChI is InChI=1S/C17H33NO2/c1-14(2)12-18-13-17(10-15-9-16(15)11-17)5-8-20-7-4-6-19-3/h14-16,18H,4-13H2,1-3H3. The van der Waals surface area contributed by atoms with Gasteiger partial charge in [0.25, 0.3) is 0 Å². The molecule has 2 unspecified atom stereocenters. The van der Waals surface area contributed by atoms with E-state index in [1.165, 1.54) is 32.2 Å². The Kier molecular flexibility index (Phi) is 6.31. The highest BCUT2D eigenvalue weighted by molar-refractivity contribution is 5.04. The minimum absolute atomic E-state index is 0.531. The Labute approximate surface area is 124 Å². The fourth-order valence-electron chi connectivity index (χ4n) is 3.76. The Morgan fingerprint density at radius 2 is 1.90 bits per heavy atom. The first-order valence-electron chi connectivity index (χ1n) is 8.42. The van der Waals surface area contributed by atoms with E-state index in [-0.39, 0.29) is 0 Å². The van der Waals surface area contributed by atoms with Crippen molar-refractivity contribution in [2.24, 2.45) is 23.2 Å². The first-order chi connectivity index (χ1) is 9.65. The average molecular weight is 283 g/mol. The fourth-order valence-corrected chi connectivity index (χ4v) is 3.76. The molecule has 0 aliphatic heterocycles. The molecule has 2 atom stereocenters. The highest BCUT2D eigenvalue weighted by Crippen LogP contribution is 2.60. The number of hydrogen-bond donors (Lipinski definition) is 1. The Morgan fingerprint density at radius 1 is 1.15 bits per heavy atom. The molecule has 0 aromatic carbocycles.